The fourth-order valence-corrected chi connectivity index (χ4v) is 3.29. The summed E-state index contributed by atoms with van der Waals surface area (Å²) in [6, 6.07) is 6.80. The SMILES string of the molecule is N#Cc1nccnc1N1CCN(CCn2cnc3cc(F)ccc32)CC1. The third-order valence-electron chi connectivity index (χ3n) is 4.70. The zero-order valence-corrected chi connectivity index (χ0v) is 14.2. The lowest BCUT2D eigenvalue weighted by atomic mass is 10.3. The molecular weight excluding hydrogens is 333 g/mol. The van der Waals surface area contributed by atoms with Crippen molar-refractivity contribution in [2.24, 2.45) is 0 Å². The Balaban J connectivity index is 1.36. The first-order valence-corrected chi connectivity index (χ1v) is 8.53. The van der Waals surface area contributed by atoms with Crippen molar-refractivity contribution in [2.45, 2.75) is 6.54 Å². The van der Waals surface area contributed by atoms with Gasteiger partial charge in [0.15, 0.2) is 11.5 Å². The summed E-state index contributed by atoms with van der Waals surface area (Å²) in [5, 5.41) is 9.17. The number of hydrogen-bond donors (Lipinski definition) is 0. The second-order valence-corrected chi connectivity index (χ2v) is 6.24. The van der Waals surface area contributed by atoms with Gasteiger partial charge in [-0.25, -0.2) is 19.3 Å². The summed E-state index contributed by atoms with van der Waals surface area (Å²) >= 11 is 0. The third kappa shape index (κ3) is 3.21. The van der Waals surface area contributed by atoms with Crippen LogP contribution in [0.25, 0.3) is 11.0 Å². The zero-order valence-electron chi connectivity index (χ0n) is 14.2. The molecule has 0 N–H and O–H groups in total. The number of benzene rings is 1. The Morgan fingerprint density at radius 1 is 1.04 bits per heavy atom. The fourth-order valence-electron chi connectivity index (χ4n) is 3.29. The smallest absolute Gasteiger partial charge is 0.183 e. The van der Waals surface area contributed by atoms with E-state index in [9.17, 15) is 9.65 Å². The standard InChI is InChI=1S/C18H18FN7/c19-14-1-2-17-15(11-14)23-13-26(17)10-7-24-5-8-25(9-6-24)18-16(12-20)21-3-4-22-18/h1-4,11,13H,5-10H2. The molecule has 1 aliphatic rings. The predicted molar refractivity (Wildman–Crippen MR) is 95.1 cm³/mol. The number of anilines is 1. The zero-order chi connectivity index (χ0) is 17.9. The van der Waals surface area contributed by atoms with Crippen LogP contribution in [0.3, 0.4) is 0 Å². The molecule has 3 heterocycles. The van der Waals surface area contributed by atoms with Gasteiger partial charge in [0.2, 0.25) is 0 Å². The van der Waals surface area contributed by atoms with Crippen molar-refractivity contribution in [3.63, 3.8) is 0 Å². The van der Waals surface area contributed by atoms with Crippen molar-refractivity contribution in [1.82, 2.24) is 24.4 Å². The van der Waals surface area contributed by atoms with Gasteiger partial charge >= 0.3 is 0 Å². The van der Waals surface area contributed by atoms with Gasteiger partial charge in [-0.1, -0.05) is 0 Å². The maximum Gasteiger partial charge on any atom is 0.183 e. The number of hydrogen-bond acceptors (Lipinski definition) is 6. The van der Waals surface area contributed by atoms with E-state index in [1.165, 1.54) is 12.1 Å². The van der Waals surface area contributed by atoms with E-state index in [-0.39, 0.29) is 5.82 Å². The second-order valence-electron chi connectivity index (χ2n) is 6.24. The minimum absolute atomic E-state index is 0.264. The van der Waals surface area contributed by atoms with Crippen molar-refractivity contribution >= 4 is 16.9 Å². The molecule has 1 aromatic carbocycles. The average molecular weight is 351 g/mol. The molecule has 3 aromatic rings. The van der Waals surface area contributed by atoms with Gasteiger partial charge in [-0.05, 0) is 12.1 Å². The molecular formula is C18H18FN7. The number of rotatable bonds is 4. The number of nitriles is 1. The molecule has 0 unspecified atom stereocenters. The Bertz CT molecular complexity index is 954. The van der Waals surface area contributed by atoms with Crippen LogP contribution in [-0.4, -0.2) is 57.1 Å². The highest BCUT2D eigenvalue weighted by Gasteiger charge is 2.20. The van der Waals surface area contributed by atoms with Crippen LogP contribution in [0.2, 0.25) is 0 Å². The van der Waals surface area contributed by atoms with E-state index < -0.39 is 0 Å². The third-order valence-corrected chi connectivity index (χ3v) is 4.70. The maximum absolute atomic E-state index is 13.3. The van der Waals surface area contributed by atoms with E-state index in [1.54, 1.807) is 24.8 Å². The van der Waals surface area contributed by atoms with E-state index >= 15 is 0 Å². The van der Waals surface area contributed by atoms with E-state index in [0.29, 0.717) is 17.0 Å². The quantitative estimate of drug-likeness (QED) is 0.712. The van der Waals surface area contributed by atoms with Crippen LogP contribution in [0.4, 0.5) is 10.2 Å². The molecule has 1 aliphatic heterocycles. The van der Waals surface area contributed by atoms with Crippen LogP contribution in [0.5, 0.6) is 0 Å². The molecule has 0 bridgehead atoms. The average Bonchev–Trinajstić information content (AvgIpc) is 3.08. The van der Waals surface area contributed by atoms with Crippen molar-refractivity contribution < 1.29 is 4.39 Å². The largest absolute Gasteiger partial charge is 0.352 e. The lowest BCUT2D eigenvalue weighted by Gasteiger charge is -2.35. The normalized spacial score (nSPS) is 15.3. The monoisotopic (exact) mass is 351 g/mol. The molecule has 0 spiro atoms. The number of piperazine rings is 1. The van der Waals surface area contributed by atoms with Crippen LogP contribution in [0, 0.1) is 17.1 Å². The lowest BCUT2D eigenvalue weighted by molar-refractivity contribution is 0.248. The van der Waals surface area contributed by atoms with E-state index in [0.717, 1.165) is 44.8 Å². The summed E-state index contributed by atoms with van der Waals surface area (Å²) in [7, 11) is 0. The number of halogens is 1. The van der Waals surface area contributed by atoms with Crippen molar-refractivity contribution in [2.75, 3.05) is 37.6 Å². The number of aromatic nitrogens is 4. The first-order valence-electron chi connectivity index (χ1n) is 8.53. The molecule has 0 atom stereocenters. The molecule has 0 saturated carbocycles. The predicted octanol–water partition coefficient (Wildman–Crippen LogP) is 1.66. The van der Waals surface area contributed by atoms with Crippen LogP contribution in [0.1, 0.15) is 5.69 Å². The Hall–Kier alpha value is -3.05. The Labute approximate surface area is 150 Å². The second kappa shape index (κ2) is 7.06. The lowest BCUT2D eigenvalue weighted by Crippen LogP contribution is -2.47. The molecule has 1 fully saturated rings. The van der Waals surface area contributed by atoms with Gasteiger partial charge in [-0.3, -0.25) is 4.90 Å². The van der Waals surface area contributed by atoms with E-state index in [2.05, 4.69) is 35.4 Å². The minimum atomic E-state index is -0.264. The van der Waals surface area contributed by atoms with E-state index in [1.807, 2.05) is 0 Å². The fraction of sp³-hybridized carbons (Fsp3) is 0.333. The van der Waals surface area contributed by atoms with Gasteiger partial charge in [0, 0.05) is 57.7 Å². The van der Waals surface area contributed by atoms with Gasteiger partial charge in [0.25, 0.3) is 0 Å². The van der Waals surface area contributed by atoms with Crippen LogP contribution >= 0.6 is 0 Å². The summed E-state index contributed by atoms with van der Waals surface area (Å²) in [6.45, 7) is 5.09. The molecule has 1 saturated heterocycles. The molecule has 2 aromatic heterocycles. The highest BCUT2D eigenvalue weighted by Crippen LogP contribution is 2.17. The molecule has 0 aliphatic carbocycles. The summed E-state index contributed by atoms with van der Waals surface area (Å²) in [5.74, 6) is 0.400. The number of nitrogens with zero attached hydrogens (tertiary/aromatic N) is 7. The molecule has 132 valence electrons. The molecule has 0 radical (unpaired) electrons. The van der Waals surface area contributed by atoms with Gasteiger partial charge in [0.05, 0.1) is 17.4 Å². The molecule has 7 nitrogen and oxygen atoms in total. The first-order chi connectivity index (χ1) is 12.7. The first kappa shape index (κ1) is 16.4. The van der Waals surface area contributed by atoms with Crippen molar-refractivity contribution in [1.29, 1.82) is 5.26 Å². The molecule has 0 amide bonds. The van der Waals surface area contributed by atoms with Gasteiger partial charge < -0.3 is 9.47 Å². The van der Waals surface area contributed by atoms with E-state index in [4.69, 9.17) is 0 Å². The summed E-state index contributed by atoms with van der Waals surface area (Å²) in [6.07, 6.45) is 4.92. The van der Waals surface area contributed by atoms with Crippen LogP contribution < -0.4 is 4.90 Å². The minimum Gasteiger partial charge on any atom is -0.352 e. The van der Waals surface area contributed by atoms with Gasteiger partial charge in [-0.15, -0.1) is 0 Å². The molecule has 4 rings (SSSR count). The highest BCUT2D eigenvalue weighted by atomic mass is 19.1. The Morgan fingerprint density at radius 2 is 1.85 bits per heavy atom. The topological polar surface area (TPSA) is 73.9 Å². The summed E-state index contributed by atoms with van der Waals surface area (Å²) < 4.78 is 15.3. The number of imidazole rings is 1. The molecule has 8 heteroatoms. The van der Waals surface area contributed by atoms with Crippen LogP contribution in [-0.2, 0) is 6.54 Å². The van der Waals surface area contributed by atoms with Gasteiger partial charge in [-0.2, -0.15) is 5.26 Å². The Morgan fingerprint density at radius 3 is 2.65 bits per heavy atom. The Kier molecular flexibility index (Phi) is 4.46. The van der Waals surface area contributed by atoms with Crippen LogP contribution in [0.15, 0.2) is 36.9 Å². The van der Waals surface area contributed by atoms with Crippen molar-refractivity contribution in [3.8, 4) is 6.07 Å². The van der Waals surface area contributed by atoms with Gasteiger partial charge in [0.1, 0.15) is 11.9 Å². The highest BCUT2D eigenvalue weighted by molar-refractivity contribution is 5.75. The van der Waals surface area contributed by atoms with Crippen molar-refractivity contribution in [3.05, 3.63) is 48.4 Å². The molecule has 26 heavy (non-hydrogen) atoms. The summed E-state index contributed by atoms with van der Waals surface area (Å²) in [4.78, 5) is 17.1. The maximum atomic E-state index is 13.3. The summed E-state index contributed by atoms with van der Waals surface area (Å²) in [5.41, 5.74) is 2.00. The number of fused-ring (bicyclic) bond motifs is 1.